The lowest BCUT2D eigenvalue weighted by Crippen LogP contribution is -2.58. The molecule has 1 saturated carbocycles. The highest BCUT2D eigenvalue weighted by Crippen LogP contribution is 2.31. The van der Waals surface area contributed by atoms with E-state index >= 15 is 0 Å². The van der Waals surface area contributed by atoms with Gasteiger partial charge in [0, 0.05) is 18.6 Å². The third kappa shape index (κ3) is 2.68. The average Bonchev–Trinajstić information content (AvgIpc) is 2.41. The second-order valence-corrected chi connectivity index (χ2v) is 6.54. The molecule has 98 valence electrons. The lowest BCUT2D eigenvalue weighted by Gasteiger charge is -2.47. The molecule has 0 aromatic rings. The summed E-state index contributed by atoms with van der Waals surface area (Å²) < 4.78 is 0. The number of nitrogens with zero attached hydrogens (tertiary/aromatic N) is 1. The topological polar surface area (TPSA) is 15.3 Å². The van der Waals surface area contributed by atoms with Crippen LogP contribution in [0.5, 0.6) is 0 Å². The Bertz CT molecular complexity index is 237. The van der Waals surface area contributed by atoms with E-state index in [0.29, 0.717) is 0 Å². The van der Waals surface area contributed by atoms with Gasteiger partial charge in [-0.3, -0.25) is 0 Å². The van der Waals surface area contributed by atoms with Crippen molar-refractivity contribution in [3.63, 3.8) is 0 Å². The Hall–Kier alpha value is -0.0800. The van der Waals surface area contributed by atoms with E-state index in [1.54, 1.807) is 0 Å². The van der Waals surface area contributed by atoms with E-state index < -0.39 is 0 Å². The van der Waals surface area contributed by atoms with Crippen LogP contribution in [0.25, 0.3) is 0 Å². The second kappa shape index (κ2) is 5.27. The van der Waals surface area contributed by atoms with Gasteiger partial charge in [-0.1, -0.05) is 13.3 Å². The molecule has 0 amide bonds. The Labute approximate surface area is 106 Å². The zero-order chi connectivity index (χ0) is 11.7. The minimum absolute atomic E-state index is 0.820. The molecule has 4 rings (SSSR count). The zero-order valence-electron chi connectivity index (χ0n) is 11.3. The molecule has 1 aliphatic carbocycles. The van der Waals surface area contributed by atoms with Crippen LogP contribution in [0.2, 0.25) is 0 Å². The van der Waals surface area contributed by atoms with Crippen LogP contribution in [0.1, 0.15) is 51.9 Å². The number of piperidine rings is 3. The molecule has 17 heavy (non-hydrogen) atoms. The van der Waals surface area contributed by atoms with E-state index in [-0.39, 0.29) is 0 Å². The maximum atomic E-state index is 3.99. The van der Waals surface area contributed by atoms with Gasteiger partial charge in [0.2, 0.25) is 0 Å². The first-order valence-electron chi connectivity index (χ1n) is 7.83. The zero-order valence-corrected chi connectivity index (χ0v) is 11.3. The molecule has 0 aromatic heterocycles. The van der Waals surface area contributed by atoms with Gasteiger partial charge in [-0.2, -0.15) is 0 Å². The van der Waals surface area contributed by atoms with Crippen LogP contribution < -0.4 is 5.32 Å². The highest BCUT2D eigenvalue weighted by Gasteiger charge is 2.35. The SMILES string of the molecule is CCC1CCC(NC2CN3CCC2CC3)CC1. The molecule has 4 aliphatic rings. The third-order valence-corrected chi connectivity index (χ3v) is 5.53. The van der Waals surface area contributed by atoms with Crippen molar-refractivity contribution in [1.82, 2.24) is 10.2 Å². The summed E-state index contributed by atoms with van der Waals surface area (Å²) in [6.45, 7) is 6.42. The summed E-state index contributed by atoms with van der Waals surface area (Å²) in [6, 6.07) is 1.66. The Morgan fingerprint density at radius 2 is 1.71 bits per heavy atom. The van der Waals surface area contributed by atoms with Crippen molar-refractivity contribution in [2.24, 2.45) is 11.8 Å². The molecule has 0 aromatic carbocycles. The number of nitrogens with one attached hydrogen (secondary N) is 1. The van der Waals surface area contributed by atoms with Crippen LogP contribution >= 0.6 is 0 Å². The lowest BCUT2D eigenvalue weighted by atomic mass is 9.81. The fraction of sp³-hybridized carbons (Fsp3) is 1.00. The first-order chi connectivity index (χ1) is 8.35. The molecule has 1 unspecified atom stereocenters. The average molecular weight is 236 g/mol. The molecule has 2 nitrogen and oxygen atoms in total. The summed E-state index contributed by atoms with van der Waals surface area (Å²) in [5.74, 6) is 2.02. The van der Waals surface area contributed by atoms with Crippen LogP contribution in [-0.4, -0.2) is 36.6 Å². The number of fused-ring (bicyclic) bond motifs is 3. The fourth-order valence-electron chi connectivity index (χ4n) is 4.19. The van der Waals surface area contributed by atoms with Crippen molar-refractivity contribution in [2.45, 2.75) is 64.0 Å². The van der Waals surface area contributed by atoms with Gasteiger partial charge in [-0.15, -0.1) is 0 Å². The van der Waals surface area contributed by atoms with Crippen molar-refractivity contribution in [3.8, 4) is 0 Å². The van der Waals surface area contributed by atoms with Crippen LogP contribution in [-0.2, 0) is 0 Å². The second-order valence-electron chi connectivity index (χ2n) is 6.54. The van der Waals surface area contributed by atoms with Gasteiger partial charge in [0.25, 0.3) is 0 Å². The fourth-order valence-corrected chi connectivity index (χ4v) is 4.19. The number of hydrogen-bond acceptors (Lipinski definition) is 2. The van der Waals surface area contributed by atoms with E-state index in [9.17, 15) is 0 Å². The van der Waals surface area contributed by atoms with Crippen molar-refractivity contribution < 1.29 is 0 Å². The normalized spacial score (nSPS) is 46.1. The summed E-state index contributed by atoms with van der Waals surface area (Å²) in [5, 5.41) is 3.99. The van der Waals surface area contributed by atoms with Crippen LogP contribution in [0, 0.1) is 11.8 Å². The molecule has 0 spiro atoms. The van der Waals surface area contributed by atoms with Gasteiger partial charge in [-0.25, -0.2) is 0 Å². The van der Waals surface area contributed by atoms with Gasteiger partial charge in [0.1, 0.15) is 0 Å². The highest BCUT2D eigenvalue weighted by molar-refractivity contribution is 4.93. The third-order valence-electron chi connectivity index (χ3n) is 5.53. The maximum absolute atomic E-state index is 3.99. The van der Waals surface area contributed by atoms with E-state index in [1.165, 1.54) is 64.6 Å². The predicted molar refractivity (Wildman–Crippen MR) is 72.1 cm³/mol. The van der Waals surface area contributed by atoms with Gasteiger partial charge in [-0.05, 0) is 63.5 Å². The highest BCUT2D eigenvalue weighted by atomic mass is 15.2. The van der Waals surface area contributed by atoms with Gasteiger partial charge >= 0.3 is 0 Å². The summed E-state index contributed by atoms with van der Waals surface area (Å²) in [6.07, 6.45) is 10.1. The van der Waals surface area contributed by atoms with E-state index in [4.69, 9.17) is 0 Å². The van der Waals surface area contributed by atoms with Crippen LogP contribution in [0.4, 0.5) is 0 Å². The molecule has 2 heteroatoms. The lowest BCUT2D eigenvalue weighted by molar-refractivity contribution is 0.0625. The monoisotopic (exact) mass is 236 g/mol. The summed E-state index contributed by atoms with van der Waals surface area (Å²) >= 11 is 0. The van der Waals surface area contributed by atoms with Crippen molar-refractivity contribution in [1.29, 1.82) is 0 Å². The Kier molecular flexibility index (Phi) is 3.72. The quantitative estimate of drug-likeness (QED) is 0.810. The van der Waals surface area contributed by atoms with Gasteiger partial charge < -0.3 is 10.2 Å². The molecule has 1 atom stereocenters. The minimum Gasteiger partial charge on any atom is -0.310 e. The molecular formula is C15H28N2. The first-order valence-corrected chi connectivity index (χ1v) is 7.83. The molecular weight excluding hydrogens is 208 g/mol. The predicted octanol–water partition coefficient (Wildman–Crippen LogP) is 2.64. The molecule has 1 N–H and O–H groups in total. The van der Waals surface area contributed by atoms with E-state index in [1.807, 2.05) is 0 Å². The molecule has 4 fully saturated rings. The molecule has 3 heterocycles. The summed E-state index contributed by atoms with van der Waals surface area (Å²) in [7, 11) is 0. The maximum Gasteiger partial charge on any atom is 0.0226 e. The Balaban J connectivity index is 1.48. The summed E-state index contributed by atoms with van der Waals surface area (Å²) in [4.78, 5) is 2.66. The van der Waals surface area contributed by atoms with E-state index in [2.05, 4.69) is 17.1 Å². The standard InChI is InChI=1S/C15H28N2/c1-2-12-3-5-14(6-4-12)16-15-11-17-9-7-13(15)8-10-17/h12-16H,2-11H2,1H3. The molecule has 0 radical (unpaired) electrons. The van der Waals surface area contributed by atoms with Gasteiger partial charge in [0.05, 0.1) is 0 Å². The minimum atomic E-state index is 0.820. The Morgan fingerprint density at radius 1 is 1.00 bits per heavy atom. The van der Waals surface area contributed by atoms with Crippen molar-refractivity contribution in [3.05, 3.63) is 0 Å². The number of rotatable bonds is 3. The largest absolute Gasteiger partial charge is 0.310 e. The van der Waals surface area contributed by atoms with Gasteiger partial charge in [0.15, 0.2) is 0 Å². The van der Waals surface area contributed by atoms with Crippen molar-refractivity contribution in [2.75, 3.05) is 19.6 Å². The van der Waals surface area contributed by atoms with Crippen molar-refractivity contribution >= 4 is 0 Å². The molecule has 3 aliphatic heterocycles. The Morgan fingerprint density at radius 3 is 2.24 bits per heavy atom. The van der Waals surface area contributed by atoms with E-state index in [0.717, 1.165) is 23.9 Å². The molecule has 3 saturated heterocycles. The number of hydrogen-bond donors (Lipinski definition) is 1. The summed E-state index contributed by atoms with van der Waals surface area (Å²) in [5.41, 5.74) is 0. The molecule has 2 bridgehead atoms. The first kappa shape index (κ1) is 12.0. The van der Waals surface area contributed by atoms with Crippen LogP contribution in [0.3, 0.4) is 0 Å². The smallest absolute Gasteiger partial charge is 0.0226 e. The van der Waals surface area contributed by atoms with Crippen LogP contribution in [0.15, 0.2) is 0 Å².